The van der Waals surface area contributed by atoms with Gasteiger partial charge >= 0.3 is 0 Å². The number of sulfonamides is 1. The molecule has 1 N–H and O–H groups in total. The number of hydrogen-bond acceptors (Lipinski definition) is 4. The highest BCUT2D eigenvalue weighted by Crippen LogP contribution is 2.24. The zero-order valence-corrected chi connectivity index (χ0v) is 15.4. The fourth-order valence-corrected chi connectivity index (χ4v) is 3.38. The van der Waals surface area contributed by atoms with Gasteiger partial charge in [0.25, 0.3) is 10.0 Å². The second kappa shape index (κ2) is 8.42. The number of ether oxygens (including phenoxy) is 2. The average molecular weight is 381 g/mol. The van der Waals surface area contributed by atoms with Crippen LogP contribution in [0.2, 0.25) is 0 Å². The SMILES string of the molecule is C=CCOc1cccc(NS(=O)(=O)c2ccc(Oc3ccccc3)cc2)c1. The molecule has 0 aromatic heterocycles. The minimum Gasteiger partial charge on any atom is -0.489 e. The molecule has 27 heavy (non-hydrogen) atoms. The monoisotopic (exact) mass is 381 g/mol. The van der Waals surface area contributed by atoms with Crippen molar-refractivity contribution in [1.82, 2.24) is 0 Å². The summed E-state index contributed by atoms with van der Waals surface area (Å²) >= 11 is 0. The Bertz CT molecular complexity index is 1000. The van der Waals surface area contributed by atoms with Crippen LogP contribution in [0, 0.1) is 0 Å². The highest BCUT2D eigenvalue weighted by molar-refractivity contribution is 7.92. The van der Waals surface area contributed by atoms with Gasteiger partial charge in [-0.25, -0.2) is 8.42 Å². The maximum atomic E-state index is 12.6. The van der Waals surface area contributed by atoms with Gasteiger partial charge in [-0.3, -0.25) is 4.72 Å². The smallest absolute Gasteiger partial charge is 0.261 e. The maximum Gasteiger partial charge on any atom is 0.261 e. The predicted octanol–water partition coefficient (Wildman–Crippen LogP) is 4.84. The second-order valence-corrected chi connectivity index (χ2v) is 7.30. The van der Waals surface area contributed by atoms with E-state index in [2.05, 4.69) is 11.3 Å². The third-order valence-electron chi connectivity index (χ3n) is 3.57. The molecule has 0 radical (unpaired) electrons. The first-order chi connectivity index (χ1) is 13.1. The lowest BCUT2D eigenvalue weighted by atomic mass is 10.3. The van der Waals surface area contributed by atoms with Crippen molar-refractivity contribution in [3.63, 3.8) is 0 Å². The molecule has 5 nitrogen and oxygen atoms in total. The lowest BCUT2D eigenvalue weighted by Gasteiger charge is -2.11. The largest absolute Gasteiger partial charge is 0.489 e. The topological polar surface area (TPSA) is 64.6 Å². The lowest BCUT2D eigenvalue weighted by molar-refractivity contribution is 0.363. The van der Waals surface area contributed by atoms with Gasteiger partial charge in [-0.05, 0) is 48.5 Å². The summed E-state index contributed by atoms with van der Waals surface area (Å²) in [5, 5.41) is 0. The van der Waals surface area contributed by atoms with Crippen LogP contribution in [-0.2, 0) is 10.0 Å². The number of hydrogen-bond donors (Lipinski definition) is 1. The zero-order chi connectivity index (χ0) is 19.1. The number of benzene rings is 3. The average Bonchev–Trinajstić information content (AvgIpc) is 2.67. The highest BCUT2D eigenvalue weighted by Gasteiger charge is 2.14. The van der Waals surface area contributed by atoms with Gasteiger partial charge in [0.15, 0.2) is 0 Å². The van der Waals surface area contributed by atoms with Crippen LogP contribution in [0.5, 0.6) is 17.2 Å². The number of para-hydroxylation sites is 1. The first-order valence-electron chi connectivity index (χ1n) is 8.26. The van der Waals surface area contributed by atoms with E-state index in [9.17, 15) is 8.42 Å². The van der Waals surface area contributed by atoms with Crippen LogP contribution in [0.4, 0.5) is 5.69 Å². The lowest BCUT2D eigenvalue weighted by Crippen LogP contribution is -2.12. The molecule has 0 saturated carbocycles. The first-order valence-corrected chi connectivity index (χ1v) is 9.75. The third kappa shape index (κ3) is 5.12. The van der Waals surface area contributed by atoms with Gasteiger partial charge in [-0.2, -0.15) is 0 Å². The van der Waals surface area contributed by atoms with Crippen molar-refractivity contribution in [3.8, 4) is 17.2 Å². The van der Waals surface area contributed by atoms with Gasteiger partial charge in [0, 0.05) is 6.07 Å². The quantitative estimate of drug-likeness (QED) is 0.567. The van der Waals surface area contributed by atoms with Crippen molar-refractivity contribution < 1.29 is 17.9 Å². The molecule has 0 spiro atoms. The molecule has 0 heterocycles. The molecule has 0 aliphatic rings. The van der Waals surface area contributed by atoms with Gasteiger partial charge in [0.2, 0.25) is 0 Å². The highest BCUT2D eigenvalue weighted by atomic mass is 32.2. The Kier molecular flexibility index (Phi) is 5.78. The van der Waals surface area contributed by atoms with Crippen LogP contribution < -0.4 is 14.2 Å². The van der Waals surface area contributed by atoms with Crippen LogP contribution >= 0.6 is 0 Å². The van der Waals surface area contributed by atoms with E-state index < -0.39 is 10.0 Å². The van der Waals surface area contributed by atoms with Crippen molar-refractivity contribution in [2.24, 2.45) is 0 Å². The van der Waals surface area contributed by atoms with Gasteiger partial charge in [-0.1, -0.05) is 36.9 Å². The van der Waals surface area contributed by atoms with E-state index in [4.69, 9.17) is 9.47 Å². The molecule has 3 rings (SSSR count). The van der Waals surface area contributed by atoms with Gasteiger partial charge < -0.3 is 9.47 Å². The molecule has 138 valence electrons. The standard InChI is InChI=1S/C21H19NO4S/c1-2-15-25-20-10-6-7-17(16-20)22-27(23,24)21-13-11-19(12-14-21)26-18-8-4-3-5-9-18/h2-14,16,22H,1,15H2. The molecular weight excluding hydrogens is 362 g/mol. The van der Waals surface area contributed by atoms with E-state index in [1.807, 2.05) is 30.3 Å². The number of nitrogens with one attached hydrogen (secondary N) is 1. The molecule has 0 bridgehead atoms. The molecule has 3 aromatic rings. The molecule has 3 aromatic carbocycles. The Balaban J connectivity index is 1.72. The third-order valence-corrected chi connectivity index (χ3v) is 4.96. The van der Waals surface area contributed by atoms with Crippen LogP contribution in [0.25, 0.3) is 0 Å². The number of anilines is 1. The maximum absolute atomic E-state index is 12.6. The van der Waals surface area contributed by atoms with Crippen LogP contribution in [-0.4, -0.2) is 15.0 Å². The molecule has 0 fully saturated rings. The minimum atomic E-state index is -3.72. The summed E-state index contributed by atoms with van der Waals surface area (Å²) in [5.41, 5.74) is 0.418. The molecule has 0 aliphatic carbocycles. The Morgan fingerprint density at radius 2 is 1.52 bits per heavy atom. The van der Waals surface area contributed by atoms with E-state index >= 15 is 0 Å². The molecule has 0 unspecified atom stereocenters. The summed E-state index contributed by atoms with van der Waals surface area (Å²) in [6.07, 6.45) is 1.62. The summed E-state index contributed by atoms with van der Waals surface area (Å²) in [6, 6.07) is 22.2. The molecule has 0 saturated heterocycles. The molecular formula is C21H19NO4S. The van der Waals surface area contributed by atoms with E-state index in [0.29, 0.717) is 29.5 Å². The number of rotatable bonds is 8. The summed E-state index contributed by atoms with van der Waals surface area (Å²) in [5.74, 6) is 1.80. The van der Waals surface area contributed by atoms with Crippen molar-refractivity contribution >= 4 is 15.7 Å². The van der Waals surface area contributed by atoms with Gasteiger partial charge in [-0.15, -0.1) is 0 Å². The second-order valence-electron chi connectivity index (χ2n) is 5.62. The normalized spacial score (nSPS) is 10.8. The minimum absolute atomic E-state index is 0.139. The fourth-order valence-electron chi connectivity index (χ4n) is 2.33. The summed E-state index contributed by atoms with van der Waals surface area (Å²) in [7, 11) is -3.72. The van der Waals surface area contributed by atoms with E-state index in [1.165, 1.54) is 12.1 Å². The van der Waals surface area contributed by atoms with E-state index in [0.717, 1.165) is 0 Å². The Morgan fingerprint density at radius 3 is 2.22 bits per heavy atom. The summed E-state index contributed by atoms with van der Waals surface area (Å²) < 4.78 is 38.8. The van der Waals surface area contributed by atoms with Crippen molar-refractivity contribution in [3.05, 3.63) is 91.5 Å². The Labute approximate surface area is 158 Å². The summed E-state index contributed by atoms with van der Waals surface area (Å²) in [4.78, 5) is 0.139. The van der Waals surface area contributed by atoms with Gasteiger partial charge in [0.05, 0.1) is 10.6 Å². The van der Waals surface area contributed by atoms with Crippen LogP contribution in [0.1, 0.15) is 0 Å². The van der Waals surface area contributed by atoms with Crippen molar-refractivity contribution in [2.45, 2.75) is 4.90 Å². The first kappa shape index (κ1) is 18.5. The fraction of sp³-hybridized carbons (Fsp3) is 0.0476. The Morgan fingerprint density at radius 1 is 0.852 bits per heavy atom. The van der Waals surface area contributed by atoms with Crippen molar-refractivity contribution in [1.29, 1.82) is 0 Å². The van der Waals surface area contributed by atoms with Gasteiger partial charge in [0.1, 0.15) is 23.9 Å². The zero-order valence-electron chi connectivity index (χ0n) is 14.5. The van der Waals surface area contributed by atoms with E-state index in [1.54, 1.807) is 42.5 Å². The van der Waals surface area contributed by atoms with Crippen molar-refractivity contribution in [2.75, 3.05) is 11.3 Å². The van der Waals surface area contributed by atoms with Crippen LogP contribution in [0.15, 0.2) is 96.4 Å². The molecule has 0 amide bonds. The van der Waals surface area contributed by atoms with Crippen LogP contribution in [0.3, 0.4) is 0 Å². The molecule has 6 heteroatoms. The predicted molar refractivity (Wildman–Crippen MR) is 106 cm³/mol. The van der Waals surface area contributed by atoms with E-state index in [-0.39, 0.29) is 4.90 Å². The molecule has 0 aliphatic heterocycles. The summed E-state index contributed by atoms with van der Waals surface area (Å²) in [6.45, 7) is 3.93. The Hall–Kier alpha value is -3.25. The molecule has 0 atom stereocenters.